The molecule has 0 aliphatic heterocycles. The Labute approximate surface area is 123 Å². The highest BCUT2D eigenvalue weighted by Crippen LogP contribution is 2.23. The van der Waals surface area contributed by atoms with Crippen molar-refractivity contribution in [3.8, 4) is 0 Å². The molecule has 0 aliphatic rings. The third-order valence-corrected chi connectivity index (χ3v) is 4.10. The van der Waals surface area contributed by atoms with Crippen LogP contribution in [0.1, 0.15) is 44.5 Å². The number of nitrogens with two attached hydrogens (primary N) is 1. The molecule has 0 saturated carbocycles. The van der Waals surface area contributed by atoms with Crippen molar-refractivity contribution in [3.63, 3.8) is 0 Å². The van der Waals surface area contributed by atoms with Crippen molar-refractivity contribution in [2.45, 2.75) is 45.7 Å². The molecule has 0 aliphatic carbocycles. The molecule has 112 valence electrons. The molecule has 1 aromatic heterocycles. The highest BCUT2D eigenvalue weighted by Gasteiger charge is 2.25. The molecule has 4 N–H and O–H groups in total. The van der Waals surface area contributed by atoms with E-state index in [2.05, 4.69) is 5.32 Å². The first-order valence-corrected chi connectivity index (χ1v) is 7.38. The fourth-order valence-electron chi connectivity index (χ4n) is 1.65. The SMILES string of the molecule is CC(C)(C)C(N)CC(=O)NC(CC(=O)O)c1cccs1. The quantitative estimate of drug-likeness (QED) is 0.750. The summed E-state index contributed by atoms with van der Waals surface area (Å²) >= 11 is 1.43. The van der Waals surface area contributed by atoms with Crippen molar-refractivity contribution in [1.29, 1.82) is 0 Å². The predicted molar refractivity (Wildman–Crippen MR) is 79.5 cm³/mol. The summed E-state index contributed by atoms with van der Waals surface area (Å²) in [4.78, 5) is 23.7. The van der Waals surface area contributed by atoms with E-state index < -0.39 is 12.0 Å². The molecule has 1 amide bonds. The summed E-state index contributed by atoms with van der Waals surface area (Å²) in [6.07, 6.45) is 0.0575. The molecule has 1 rings (SSSR count). The first-order valence-electron chi connectivity index (χ1n) is 6.50. The Morgan fingerprint density at radius 3 is 2.50 bits per heavy atom. The van der Waals surface area contributed by atoms with E-state index in [-0.39, 0.29) is 30.2 Å². The number of aliphatic carboxylic acids is 1. The largest absolute Gasteiger partial charge is 0.481 e. The second-order valence-electron chi connectivity index (χ2n) is 5.91. The zero-order valence-electron chi connectivity index (χ0n) is 12.1. The van der Waals surface area contributed by atoms with E-state index in [1.54, 1.807) is 0 Å². The van der Waals surface area contributed by atoms with Crippen molar-refractivity contribution in [3.05, 3.63) is 22.4 Å². The summed E-state index contributed by atoms with van der Waals surface area (Å²) in [6.45, 7) is 5.91. The lowest BCUT2D eigenvalue weighted by molar-refractivity contribution is -0.137. The molecule has 0 bridgehead atoms. The molecule has 0 radical (unpaired) electrons. The average molecular weight is 298 g/mol. The topological polar surface area (TPSA) is 92.4 Å². The second kappa shape index (κ2) is 6.85. The van der Waals surface area contributed by atoms with Crippen LogP contribution in [0.25, 0.3) is 0 Å². The highest BCUT2D eigenvalue weighted by molar-refractivity contribution is 7.10. The summed E-state index contributed by atoms with van der Waals surface area (Å²) in [5, 5.41) is 13.6. The van der Waals surface area contributed by atoms with Crippen LogP contribution in [-0.2, 0) is 9.59 Å². The van der Waals surface area contributed by atoms with Gasteiger partial charge < -0.3 is 16.2 Å². The number of nitrogens with one attached hydrogen (secondary N) is 1. The van der Waals surface area contributed by atoms with Gasteiger partial charge in [0.2, 0.25) is 5.91 Å². The van der Waals surface area contributed by atoms with Gasteiger partial charge in [0.05, 0.1) is 12.5 Å². The van der Waals surface area contributed by atoms with Crippen LogP contribution in [0.4, 0.5) is 0 Å². The molecular weight excluding hydrogens is 276 g/mol. The van der Waals surface area contributed by atoms with Crippen LogP contribution in [0.2, 0.25) is 0 Å². The van der Waals surface area contributed by atoms with Gasteiger partial charge in [-0.25, -0.2) is 0 Å². The number of carboxylic acid groups (broad SMARTS) is 1. The minimum atomic E-state index is -0.941. The minimum Gasteiger partial charge on any atom is -0.481 e. The molecule has 20 heavy (non-hydrogen) atoms. The van der Waals surface area contributed by atoms with Gasteiger partial charge >= 0.3 is 5.97 Å². The van der Waals surface area contributed by atoms with E-state index in [4.69, 9.17) is 10.8 Å². The molecule has 2 unspecified atom stereocenters. The first kappa shape index (κ1) is 16.7. The number of amides is 1. The Hall–Kier alpha value is -1.40. The molecule has 1 aromatic rings. The number of carboxylic acids is 1. The van der Waals surface area contributed by atoms with Gasteiger partial charge in [0.15, 0.2) is 0 Å². The van der Waals surface area contributed by atoms with Crippen molar-refractivity contribution in [2.75, 3.05) is 0 Å². The van der Waals surface area contributed by atoms with E-state index in [1.807, 2.05) is 38.3 Å². The van der Waals surface area contributed by atoms with Crippen LogP contribution >= 0.6 is 11.3 Å². The standard InChI is InChI=1S/C14H22N2O3S/c1-14(2,3)11(15)8-12(17)16-9(7-13(18)19)10-5-4-6-20-10/h4-6,9,11H,7-8,15H2,1-3H3,(H,16,17)(H,18,19). The summed E-state index contributed by atoms with van der Waals surface area (Å²) in [5.41, 5.74) is 5.81. The molecule has 0 saturated heterocycles. The Balaban J connectivity index is 2.66. The van der Waals surface area contributed by atoms with Crippen molar-refractivity contribution < 1.29 is 14.7 Å². The maximum absolute atomic E-state index is 12.0. The monoisotopic (exact) mass is 298 g/mol. The fourth-order valence-corrected chi connectivity index (χ4v) is 2.42. The van der Waals surface area contributed by atoms with Crippen LogP contribution in [0.5, 0.6) is 0 Å². The Kier molecular flexibility index (Phi) is 5.71. The number of thiophene rings is 1. The summed E-state index contributed by atoms with van der Waals surface area (Å²) in [7, 11) is 0. The van der Waals surface area contributed by atoms with Crippen LogP contribution in [0.3, 0.4) is 0 Å². The molecular formula is C14H22N2O3S. The Morgan fingerprint density at radius 1 is 1.40 bits per heavy atom. The van der Waals surface area contributed by atoms with E-state index in [1.165, 1.54) is 11.3 Å². The lowest BCUT2D eigenvalue weighted by Gasteiger charge is -2.27. The lowest BCUT2D eigenvalue weighted by Crippen LogP contribution is -2.41. The van der Waals surface area contributed by atoms with Crippen molar-refractivity contribution in [2.24, 2.45) is 11.1 Å². The third kappa shape index (κ3) is 5.30. The van der Waals surface area contributed by atoms with Gasteiger partial charge in [-0.05, 0) is 16.9 Å². The van der Waals surface area contributed by atoms with E-state index in [9.17, 15) is 9.59 Å². The van der Waals surface area contributed by atoms with Gasteiger partial charge in [0, 0.05) is 17.3 Å². The van der Waals surface area contributed by atoms with Crippen molar-refractivity contribution in [1.82, 2.24) is 5.32 Å². The average Bonchev–Trinajstić information content (AvgIpc) is 2.79. The van der Waals surface area contributed by atoms with Crippen LogP contribution in [0, 0.1) is 5.41 Å². The van der Waals surface area contributed by atoms with Crippen LogP contribution in [-0.4, -0.2) is 23.0 Å². The smallest absolute Gasteiger partial charge is 0.305 e. The zero-order valence-corrected chi connectivity index (χ0v) is 12.9. The van der Waals surface area contributed by atoms with Crippen molar-refractivity contribution >= 4 is 23.2 Å². The lowest BCUT2D eigenvalue weighted by atomic mass is 9.85. The maximum atomic E-state index is 12.0. The molecule has 6 heteroatoms. The van der Waals surface area contributed by atoms with Crippen LogP contribution < -0.4 is 11.1 Å². The minimum absolute atomic E-state index is 0.128. The summed E-state index contributed by atoms with van der Waals surface area (Å²) < 4.78 is 0. The zero-order chi connectivity index (χ0) is 15.3. The van der Waals surface area contributed by atoms with Gasteiger partial charge in [-0.3, -0.25) is 9.59 Å². The number of carbonyl (C=O) groups is 2. The second-order valence-corrected chi connectivity index (χ2v) is 6.89. The first-order chi connectivity index (χ1) is 9.20. The number of carbonyl (C=O) groups excluding carboxylic acids is 1. The molecule has 0 spiro atoms. The third-order valence-electron chi connectivity index (χ3n) is 3.12. The number of hydrogen-bond acceptors (Lipinski definition) is 4. The molecule has 1 heterocycles. The fraction of sp³-hybridized carbons (Fsp3) is 0.571. The highest BCUT2D eigenvalue weighted by atomic mass is 32.1. The number of rotatable bonds is 6. The van der Waals surface area contributed by atoms with E-state index in [0.717, 1.165) is 4.88 Å². The Morgan fingerprint density at radius 2 is 2.05 bits per heavy atom. The normalized spacial score (nSPS) is 14.6. The van der Waals surface area contributed by atoms with Gasteiger partial charge in [-0.15, -0.1) is 11.3 Å². The molecule has 2 atom stereocenters. The number of hydrogen-bond donors (Lipinski definition) is 3. The van der Waals surface area contributed by atoms with E-state index in [0.29, 0.717) is 0 Å². The van der Waals surface area contributed by atoms with Gasteiger partial charge in [-0.1, -0.05) is 26.8 Å². The molecule has 5 nitrogen and oxygen atoms in total. The van der Waals surface area contributed by atoms with Gasteiger partial charge in [-0.2, -0.15) is 0 Å². The Bertz CT molecular complexity index is 451. The summed E-state index contributed by atoms with van der Waals surface area (Å²) in [5.74, 6) is -1.16. The molecule has 0 fully saturated rings. The maximum Gasteiger partial charge on any atom is 0.305 e. The van der Waals surface area contributed by atoms with E-state index >= 15 is 0 Å². The van der Waals surface area contributed by atoms with Crippen LogP contribution in [0.15, 0.2) is 17.5 Å². The van der Waals surface area contributed by atoms with Gasteiger partial charge in [0.25, 0.3) is 0 Å². The summed E-state index contributed by atoms with van der Waals surface area (Å²) in [6, 6.07) is 2.90. The predicted octanol–water partition coefficient (Wildman–Crippen LogP) is 2.14. The van der Waals surface area contributed by atoms with Gasteiger partial charge in [0.1, 0.15) is 0 Å². The molecule has 0 aromatic carbocycles.